The number of carbonyl (C=O) groups is 1. The van der Waals surface area contributed by atoms with Crippen LogP contribution in [0.2, 0.25) is 0 Å². The fraction of sp³-hybridized carbons (Fsp3) is 0.714. The highest BCUT2D eigenvalue weighted by Gasteiger charge is 2.30. The van der Waals surface area contributed by atoms with Gasteiger partial charge < -0.3 is 23.0 Å². The van der Waals surface area contributed by atoms with Crippen molar-refractivity contribution in [2.24, 2.45) is 0 Å². The number of rotatable bonds is 12. The van der Waals surface area contributed by atoms with Crippen LogP contribution in [0.3, 0.4) is 0 Å². The van der Waals surface area contributed by atoms with Gasteiger partial charge in [0.05, 0.1) is 54.6 Å². The van der Waals surface area contributed by atoms with Gasteiger partial charge in [-0.05, 0) is 46.1 Å². The van der Waals surface area contributed by atoms with Crippen molar-refractivity contribution < 1.29 is 27.8 Å². The van der Waals surface area contributed by atoms with Gasteiger partial charge in [0.1, 0.15) is 11.8 Å². The minimum absolute atomic E-state index is 0.109. The Kier molecular flexibility index (Phi) is 11.8. The molecule has 0 radical (unpaired) electrons. The van der Waals surface area contributed by atoms with E-state index in [1.54, 1.807) is 20.8 Å². The summed E-state index contributed by atoms with van der Waals surface area (Å²) >= 11 is 3.10. The Morgan fingerprint density at radius 1 is 1.35 bits per heavy atom. The van der Waals surface area contributed by atoms with Crippen LogP contribution in [-0.2, 0) is 23.0 Å². The van der Waals surface area contributed by atoms with Gasteiger partial charge in [-0.25, -0.2) is 9.59 Å². The van der Waals surface area contributed by atoms with Crippen molar-refractivity contribution in [1.29, 1.82) is 5.26 Å². The smallest absolute Gasteiger partial charge is 0.426 e. The lowest BCUT2D eigenvalue weighted by atomic mass is 10.2. The van der Waals surface area contributed by atoms with Gasteiger partial charge in [0.2, 0.25) is 0 Å². The second-order valence-electron chi connectivity index (χ2n) is 8.47. The zero-order chi connectivity index (χ0) is 25.1. The van der Waals surface area contributed by atoms with Crippen LogP contribution >= 0.6 is 24.7 Å². The molecule has 0 N–H and O–H groups in total. The summed E-state index contributed by atoms with van der Waals surface area (Å²) in [5.74, 6) is 0.109. The molecule has 0 aromatic carbocycles. The molecule has 13 heteroatoms. The summed E-state index contributed by atoms with van der Waals surface area (Å²) in [5, 5.41) is 8.69. The maximum absolute atomic E-state index is 12.6. The molecule has 1 unspecified atom stereocenters. The zero-order valence-corrected chi connectivity index (χ0v) is 22.4. The predicted molar refractivity (Wildman–Crippen MR) is 129 cm³/mol. The molecule has 1 aliphatic heterocycles. The molecule has 1 aromatic heterocycles. The lowest BCUT2D eigenvalue weighted by Crippen LogP contribution is -2.33. The minimum atomic E-state index is -1.57. The molecule has 2 rings (SSSR count). The van der Waals surface area contributed by atoms with Gasteiger partial charge in [0.25, 0.3) is 0 Å². The molecular weight excluding hydrogens is 531 g/mol. The van der Waals surface area contributed by atoms with E-state index in [1.807, 2.05) is 6.07 Å². The molecule has 0 aliphatic carbocycles. The molecule has 1 saturated heterocycles. The average molecular weight is 563 g/mol. The van der Waals surface area contributed by atoms with Gasteiger partial charge >= 0.3 is 20.4 Å². The van der Waals surface area contributed by atoms with Crippen LogP contribution in [0.4, 0.5) is 10.6 Å². The normalized spacial score (nSPS) is 18.9. The summed E-state index contributed by atoms with van der Waals surface area (Å²) in [5.41, 5.74) is -1.24. The number of amides is 1. The van der Waals surface area contributed by atoms with Gasteiger partial charge in [-0.2, -0.15) is 14.2 Å². The molecule has 0 spiro atoms. The number of ether oxygens (including phenoxy) is 2. The van der Waals surface area contributed by atoms with Crippen molar-refractivity contribution in [3.05, 3.63) is 22.7 Å². The highest BCUT2D eigenvalue weighted by molar-refractivity contribution is 9.10. The predicted octanol–water partition coefficient (Wildman–Crippen LogP) is 4.96. The minimum Gasteiger partial charge on any atom is -0.443 e. The van der Waals surface area contributed by atoms with Crippen LogP contribution in [0, 0.1) is 11.3 Å². The average Bonchev–Trinajstić information content (AvgIpc) is 3.24. The molecule has 1 amide bonds. The van der Waals surface area contributed by atoms with Crippen molar-refractivity contribution in [2.75, 3.05) is 23.7 Å². The third kappa shape index (κ3) is 9.56. The van der Waals surface area contributed by atoms with Crippen molar-refractivity contribution >= 4 is 36.7 Å². The largest absolute Gasteiger partial charge is 0.443 e. The number of nitriles is 1. The first kappa shape index (κ1) is 28.6. The van der Waals surface area contributed by atoms with Gasteiger partial charge in [-0.1, -0.05) is 13.3 Å². The first-order chi connectivity index (χ1) is 16.1. The number of unbranched alkanes of at least 4 members (excludes halogenated alkanes) is 1. The van der Waals surface area contributed by atoms with E-state index in [0.717, 1.165) is 16.8 Å². The van der Waals surface area contributed by atoms with E-state index in [9.17, 15) is 9.59 Å². The second kappa shape index (κ2) is 14.1. The van der Waals surface area contributed by atoms with Gasteiger partial charge in [-0.15, -0.1) is 0 Å². The number of carbonyl (C=O) groups excluding carboxylic acids is 1. The van der Waals surface area contributed by atoms with Crippen molar-refractivity contribution in [2.45, 2.75) is 77.7 Å². The maximum Gasteiger partial charge on any atom is 0.426 e. The quantitative estimate of drug-likeness (QED) is 0.197. The molecule has 1 aromatic rings. The van der Waals surface area contributed by atoms with Crippen LogP contribution in [0.5, 0.6) is 0 Å². The molecule has 11 nitrogen and oxygen atoms in total. The molecule has 1 aliphatic rings. The zero-order valence-electron chi connectivity index (χ0n) is 19.9. The van der Waals surface area contributed by atoms with Gasteiger partial charge in [-0.3, -0.25) is 4.57 Å². The number of aromatic nitrogens is 2. The molecule has 1 fully saturated rings. The highest BCUT2D eigenvalue weighted by Crippen LogP contribution is 2.41. The summed E-state index contributed by atoms with van der Waals surface area (Å²) in [6.45, 7) is 8.30. The number of hydrogen-bond donors (Lipinski definition) is 0. The molecule has 0 saturated carbocycles. The Hall–Kier alpha value is -1.61. The summed E-state index contributed by atoms with van der Waals surface area (Å²) in [6.07, 6.45) is 3.51. The summed E-state index contributed by atoms with van der Waals surface area (Å²) in [7, 11) is -1.57. The van der Waals surface area contributed by atoms with E-state index in [1.165, 1.54) is 16.8 Å². The van der Waals surface area contributed by atoms with E-state index in [2.05, 4.69) is 28.1 Å². The number of hydrogen-bond acceptors (Lipinski definition) is 9. The Morgan fingerprint density at radius 2 is 2.09 bits per heavy atom. The monoisotopic (exact) mass is 562 g/mol. The Bertz CT molecular complexity index is 889. The second-order valence-corrected chi connectivity index (χ2v) is 10.4. The SMILES string of the molecule is CCCCOP(OCCC#N)OC[C@@H]1CC[C@H](n2ccc(N(Br)C(=O)OC(C)(C)C)nc2=O)O1. The van der Waals surface area contributed by atoms with Crippen LogP contribution in [0.1, 0.15) is 66.0 Å². The lowest BCUT2D eigenvalue weighted by molar-refractivity contribution is -0.0237. The van der Waals surface area contributed by atoms with E-state index >= 15 is 0 Å². The number of anilines is 1. The van der Waals surface area contributed by atoms with Gasteiger partial charge in [0.15, 0.2) is 5.82 Å². The van der Waals surface area contributed by atoms with E-state index in [-0.39, 0.29) is 31.6 Å². The molecule has 34 heavy (non-hydrogen) atoms. The fourth-order valence-corrected chi connectivity index (χ4v) is 4.15. The molecular formula is C21H32BrN4O7P. The van der Waals surface area contributed by atoms with Crippen molar-refractivity contribution in [1.82, 2.24) is 9.55 Å². The molecule has 2 heterocycles. The van der Waals surface area contributed by atoms with Crippen LogP contribution < -0.4 is 9.62 Å². The van der Waals surface area contributed by atoms with Gasteiger partial charge in [0, 0.05) is 6.20 Å². The Labute approximate surface area is 209 Å². The Balaban J connectivity index is 1.92. The van der Waals surface area contributed by atoms with E-state index < -0.39 is 32.2 Å². The molecule has 0 bridgehead atoms. The highest BCUT2D eigenvalue weighted by atomic mass is 79.9. The number of nitrogens with zero attached hydrogens (tertiary/aromatic N) is 4. The van der Waals surface area contributed by atoms with Crippen LogP contribution in [0.25, 0.3) is 0 Å². The fourth-order valence-electron chi connectivity index (χ4n) is 2.85. The van der Waals surface area contributed by atoms with Crippen LogP contribution in [0.15, 0.2) is 17.1 Å². The van der Waals surface area contributed by atoms with Crippen molar-refractivity contribution in [3.8, 4) is 6.07 Å². The molecule has 190 valence electrons. The first-order valence-corrected chi connectivity index (χ1v) is 12.9. The number of halogens is 1. The van der Waals surface area contributed by atoms with Crippen molar-refractivity contribution in [3.63, 3.8) is 0 Å². The van der Waals surface area contributed by atoms with E-state index in [0.29, 0.717) is 19.4 Å². The summed E-state index contributed by atoms with van der Waals surface area (Å²) in [6, 6.07) is 3.55. The summed E-state index contributed by atoms with van der Waals surface area (Å²) < 4.78 is 30.6. The first-order valence-electron chi connectivity index (χ1n) is 11.1. The third-order valence-electron chi connectivity index (χ3n) is 4.44. The topological polar surface area (TPSA) is 125 Å². The standard InChI is InChI=1S/C21H32BrN4O7P/c1-5-6-13-29-34(30-14-7-11-23)31-15-16-8-9-18(32-16)25-12-10-17(24-19(25)27)26(22)20(28)33-21(2,3)4/h10,12,16,18H,5-9,13-15H2,1-4H3/t16-,18+,34?/m0/s1. The lowest BCUT2D eigenvalue weighted by Gasteiger charge is -2.23. The maximum atomic E-state index is 12.6. The van der Waals surface area contributed by atoms with Crippen LogP contribution in [-0.4, -0.2) is 47.2 Å². The summed E-state index contributed by atoms with van der Waals surface area (Å²) in [4.78, 5) is 28.7. The Morgan fingerprint density at radius 3 is 2.74 bits per heavy atom. The van der Waals surface area contributed by atoms with E-state index in [4.69, 9.17) is 28.3 Å². The molecule has 3 atom stereocenters. The third-order valence-corrected chi connectivity index (χ3v) is 6.24.